The largest absolute Gasteiger partial charge is 0.251 e. The van der Waals surface area contributed by atoms with Crippen LogP contribution in [0.4, 0.5) is 4.39 Å². The van der Waals surface area contributed by atoms with Crippen molar-refractivity contribution in [1.82, 2.24) is 0 Å². The van der Waals surface area contributed by atoms with Gasteiger partial charge in [-0.2, -0.15) is 0 Å². The molecule has 0 spiro atoms. The Bertz CT molecular complexity index is 774. The summed E-state index contributed by atoms with van der Waals surface area (Å²) >= 11 is 0. The van der Waals surface area contributed by atoms with Gasteiger partial charge in [0.1, 0.15) is 0 Å². The zero-order chi connectivity index (χ0) is 22.2. The summed E-state index contributed by atoms with van der Waals surface area (Å²) in [6.45, 7) is 2.24. The van der Waals surface area contributed by atoms with Crippen LogP contribution in [0.5, 0.6) is 0 Å². The second kappa shape index (κ2) is 12.0. The molecule has 0 radical (unpaired) electrons. The van der Waals surface area contributed by atoms with Crippen LogP contribution in [0.1, 0.15) is 99.3 Å². The van der Waals surface area contributed by atoms with E-state index in [1.54, 1.807) is 5.56 Å². The van der Waals surface area contributed by atoms with Crippen molar-refractivity contribution in [2.75, 3.05) is 6.67 Å². The Balaban J connectivity index is 1.21. The minimum Gasteiger partial charge on any atom is -0.251 e. The molecule has 0 bridgehead atoms. The van der Waals surface area contributed by atoms with Crippen LogP contribution in [0.15, 0.2) is 48.5 Å². The lowest BCUT2D eigenvalue weighted by molar-refractivity contribution is 0.165. The molecule has 2 aliphatic carbocycles. The minimum atomic E-state index is -0.196. The van der Waals surface area contributed by atoms with Crippen molar-refractivity contribution >= 4 is 0 Å². The van der Waals surface area contributed by atoms with Crippen LogP contribution in [0.3, 0.4) is 0 Å². The van der Waals surface area contributed by atoms with Crippen molar-refractivity contribution in [3.8, 4) is 0 Å². The Morgan fingerprint density at radius 1 is 0.594 bits per heavy atom. The third kappa shape index (κ3) is 6.69. The van der Waals surface area contributed by atoms with Crippen LogP contribution >= 0.6 is 0 Å². The third-order valence-electron chi connectivity index (χ3n) is 8.52. The Morgan fingerprint density at radius 2 is 1.06 bits per heavy atom. The molecule has 0 nitrogen and oxygen atoms in total. The van der Waals surface area contributed by atoms with Gasteiger partial charge in [0.05, 0.1) is 6.67 Å². The van der Waals surface area contributed by atoms with Crippen molar-refractivity contribution in [1.29, 1.82) is 0 Å². The molecule has 4 rings (SSSR count). The van der Waals surface area contributed by atoms with E-state index in [0.29, 0.717) is 6.42 Å². The highest BCUT2D eigenvalue weighted by Gasteiger charge is 2.30. The fraction of sp³-hybridized carbons (Fsp3) is 0.613. The summed E-state index contributed by atoms with van der Waals surface area (Å²) < 4.78 is 12.2. The zero-order valence-electron chi connectivity index (χ0n) is 20.2. The van der Waals surface area contributed by atoms with Gasteiger partial charge in [0.25, 0.3) is 0 Å². The van der Waals surface area contributed by atoms with Gasteiger partial charge in [-0.1, -0.05) is 68.3 Å². The molecule has 0 aromatic heterocycles. The Labute approximate surface area is 196 Å². The van der Waals surface area contributed by atoms with Gasteiger partial charge in [-0.25, -0.2) is 0 Å². The number of alkyl halides is 1. The number of unbranched alkanes of at least 4 members (excludes halogenated alkanes) is 1. The highest BCUT2D eigenvalue weighted by Crippen LogP contribution is 2.43. The average Bonchev–Trinajstić information content (AvgIpc) is 2.85. The minimum absolute atomic E-state index is 0.196. The molecule has 32 heavy (non-hydrogen) atoms. The lowest BCUT2D eigenvalue weighted by Crippen LogP contribution is -2.24. The van der Waals surface area contributed by atoms with Gasteiger partial charge in [-0.05, 0) is 117 Å². The van der Waals surface area contributed by atoms with E-state index in [1.807, 2.05) is 0 Å². The monoisotopic (exact) mass is 434 g/mol. The Morgan fingerprint density at radius 3 is 1.59 bits per heavy atom. The first-order chi connectivity index (χ1) is 15.7. The quantitative estimate of drug-likeness (QED) is 0.346. The van der Waals surface area contributed by atoms with Crippen molar-refractivity contribution < 1.29 is 4.39 Å². The molecule has 2 aliphatic rings. The van der Waals surface area contributed by atoms with Crippen LogP contribution in [-0.2, 0) is 19.3 Å². The first kappa shape index (κ1) is 23.5. The van der Waals surface area contributed by atoms with Gasteiger partial charge < -0.3 is 0 Å². The molecule has 174 valence electrons. The van der Waals surface area contributed by atoms with Crippen LogP contribution in [0, 0.1) is 17.8 Å². The summed E-state index contributed by atoms with van der Waals surface area (Å²) in [5.41, 5.74) is 5.76. The molecule has 0 amide bonds. The summed E-state index contributed by atoms with van der Waals surface area (Å²) in [7, 11) is 0. The predicted octanol–water partition coefficient (Wildman–Crippen LogP) is 8.86. The molecule has 2 aromatic carbocycles. The van der Waals surface area contributed by atoms with Crippen LogP contribution < -0.4 is 0 Å². The van der Waals surface area contributed by atoms with E-state index in [0.717, 1.165) is 49.4 Å². The summed E-state index contributed by atoms with van der Waals surface area (Å²) in [5.74, 6) is 3.79. The molecule has 0 saturated heterocycles. The molecule has 2 saturated carbocycles. The molecule has 0 atom stereocenters. The fourth-order valence-electron chi connectivity index (χ4n) is 6.22. The highest BCUT2D eigenvalue weighted by molar-refractivity contribution is 5.28. The first-order valence-electron chi connectivity index (χ1n) is 13.4. The molecule has 2 aromatic rings. The maximum atomic E-state index is 12.2. The lowest BCUT2D eigenvalue weighted by Gasteiger charge is -2.37. The van der Waals surface area contributed by atoms with Gasteiger partial charge in [0.15, 0.2) is 0 Å². The van der Waals surface area contributed by atoms with E-state index in [9.17, 15) is 4.39 Å². The van der Waals surface area contributed by atoms with E-state index in [1.165, 1.54) is 68.1 Å². The van der Waals surface area contributed by atoms with E-state index in [-0.39, 0.29) is 6.67 Å². The van der Waals surface area contributed by atoms with Crippen molar-refractivity contribution in [3.63, 3.8) is 0 Å². The number of hydrogen-bond acceptors (Lipinski definition) is 0. The molecular formula is C31H43F. The van der Waals surface area contributed by atoms with E-state index < -0.39 is 0 Å². The molecule has 0 unspecified atom stereocenters. The normalized spacial score (nSPS) is 26.2. The number of aryl methyl sites for hydroxylation is 3. The fourth-order valence-corrected chi connectivity index (χ4v) is 6.22. The van der Waals surface area contributed by atoms with Gasteiger partial charge in [-0.15, -0.1) is 0 Å². The maximum absolute atomic E-state index is 12.2. The lowest BCUT2D eigenvalue weighted by atomic mass is 9.68. The first-order valence-corrected chi connectivity index (χ1v) is 13.4. The maximum Gasteiger partial charge on any atom is 0.0894 e. The number of rotatable bonds is 9. The number of benzene rings is 2. The predicted molar refractivity (Wildman–Crippen MR) is 135 cm³/mol. The summed E-state index contributed by atoms with van der Waals surface area (Å²) in [5, 5.41) is 0. The standard InChI is InChI=1S/C31H43F/c1-24-5-15-28(16-6-24)30-19-21-31(22-20-30)29-17-13-27(14-18-29)12-11-26-9-7-25(8-10-26)4-2-3-23-32/h7-10,13-14,17-18,24,28,30-31H,2-6,11-12,15-16,19-23H2,1H3. The third-order valence-corrected chi connectivity index (χ3v) is 8.52. The topological polar surface area (TPSA) is 0 Å². The van der Waals surface area contributed by atoms with Gasteiger partial charge in [0, 0.05) is 0 Å². The van der Waals surface area contributed by atoms with E-state index in [2.05, 4.69) is 55.5 Å². The summed E-state index contributed by atoms with van der Waals surface area (Å²) in [6.07, 6.45) is 16.4. The second-order valence-electron chi connectivity index (χ2n) is 10.8. The molecule has 0 aliphatic heterocycles. The van der Waals surface area contributed by atoms with Crippen LogP contribution in [-0.4, -0.2) is 6.67 Å². The van der Waals surface area contributed by atoms with Gasteiger partial charge >= 0.3 is 0 Å². The van der Waals surface area contributed by atoms with Crippen molar-refractivity contribution in [2.24, 2.45) is 17.8 Å². The molecule has 1 heteroatoms. The van der Waals surface area contributed by atoms with Gasteiger partial charge in [-0.3, -0.25) is 4.39 Å². The van der Waals surface area contributed by atoms with Crippen molar-refractivity contribution in [3.05, 3.63) is 70.8 Å². The SMILES string of the molecule is CC1CCC(C2CCC(c3ccc(CCc4ccc(CCCCF)cc4)cc3)CC2)CC1. The van der Waals surface area contributed by atoms with Gasteiger partial charge in [0.2, 0.25) is 0 Å². The van der Waals surface area contributed by atoms with Crippen molar-refractivity contribution in [2.45, 2.75) is 96.3 Å². The summed E-state index contributed by atoms with van der Waals surface area (Å²) in [6, 6.07) is 18.5. The number of hydrogen-bond donors (Lipinski definition) is 0. The molecule has 2 fully saturated rings. The number of halogens is 1. The molecule has 0 heterocycles. The zero-order valence-corrected chi connectivity index (χ0v) is 20.2. The summed E-state index contributed by atoms with van der Waals surface area (Å²) in [4.78, 5) is 0. The Kier molecular flexibility index (Phi) is 8.83. The Hall–Kier alpha value is -1.63. The van der Waals surface area contributed by atoms with E-state index in [4.69, 9.17) is 0 Å². The highest BCUT2D eigenvalue weighted by atomic mass is 19.1. The average molecular weight is 435 g/mol. The van der Waals surface area contributed by atoms with Crippen LogP contribution in [0.25, 0.3) is 0 Å². The smallest absolute Gasteiger partial charge is 0.0894 e. The molecular weight excluding hydrogens is 391 g/mol. The van der Waals surface area contributed by atoms with Crippen LogP contribution in [0.2, 0.25) is 0 Å². The molecule has 0 N–H and O–H groups in total. The van der Waals surface area contributed by atoms with E-state index >= 15 is 0 Å². The second-order valence-corrected chi connectivity index (χ2v) is 10.8.